The van der Waals surface area contributed by atoms with Crippen molar-refractivity contribution in [1.29, 1.82) is 0 Å². The molecule has 0 aliphatic carbocycles. The molecule has 0 spiro atoms. The van der Waals surface area contributed by atoms with Crippen molar-refractivity contribution in [3.63, 3.8) is 0 Å². The predicted octanol–water partition coefficient (Wildman–Crippen LogP) is 3.63. The van der Waals surface area contributed by atoms with Crippen LogP contribution in [0.5, 0.6) is 0 Å². The molecular weight excluding hydrogens is 272 g/mol. The van der Waals surface area contributed by atoms with Crippen LogP contribution >= 0.6 is 11.6 Å². The number of hydrogen-bond donors (Lipinski definition) is 0. The number of piperidine rings is 1. The zero-order valence-corrected chi connectivity index (χ0v) is 13.5. The second-order valence-corrected chi connectivity index (χ2v) is 5.96. The topological polar surface area (TPSA) is 25.4 Å². The van der Waals surface area contributed by atoms with Crippen LogP contribution in [0, 0.1) is 5.92 Å². The van der Waals surface area contributed by atoms with Gasteiger partial charge in [-0.05, 0) is 36.5 Å². The standard InChI is InChI=1S/C16H25ClN2O/c1-4-5-14-8-13(10-17)9-16(18-14)19-7-6-12(2)15(11-19)20-3/h8-9,12,15H,4-7,10-11H2,1-3H3. The Morgan fingerprint density at radius 3 is 2.90 bits per heavy atom. The number of halogens is 1. The van der Waals surface area contributed by atoms with Crippen molar-refractivity contribution < 1.29 is 4.74 Å². The van der Waals surface area contributed by atoms with Gasteiger partial charge in [-0.15, -0.1) is 11.6 Å². The highest BCUT2D eigenvalue weighted by Gasteiger charge is 2.27. The lowest BCUT2D eigenvalue weighted by Gasteiger charge is -2.37. The molecule has 2 unspecified atom stereocenters. The van der Waals surface area contributed by atoms with E-state index >= 15 is 0 Å². The van der Waals surface area contributed by atoms with E-state index in [2.05, 4.69) is 30.9 Å². The highest BCUT2D eigenvalue weighted by atomic mass is 35.5. The van der Waals surface area contributed by atoms with Crippen molar-refractivity contribution in [2.45, 2.75) is 45.1 Å². The molecule has 0 aromatic carbocycles. The molecule has 1 aliphatic heterocycles. The van der Waals surface area contributed by atoms with E-state index in [4.69, 9.17) is 21.3 Å². The molecule has 20 heavy (non-hydrogen) atoms. The summed E-state index contributed by atoms with van der Waals surface area (Å²) in [7, 11) is 1.80. The molecule has 0 N–H and O–H groups in total. The Morgan fingerprint density at radius 1 is 1.45 bits per heavy atom. The summed E-state index contributed by atoms with van der Waals surface area (Å²) in [5.41, 5.74) is 2.31. The molecule has 2 heterocycles. The lowest BCUT2D eigenvalue weighted by Crippen LogP contribution is -2.44. The maximum absolute atomic E-state index is 6.02. The predicted molar refractivity (Wildman–Crippen MR) is 84.6 cm³/mol. The summed E-state index contributed by atoms with van der Waals surface area (Å²) < 4.78 is 5.59. The van der Waals surface area contributed by atoms with Gasteiger partial charge < -0.3 is 9.64 Å². The molecule has 3 nitrogen and oxygen atoms in total. The first kappa shape index (κ1) is 15.6. The van der Waals surface area contributed by atoms with Crippen LogP contribution in [0.3, 0.4) is 0 Å². The van der Waals surface area contributed by atoms with E-state index in [0.29, 0.717) is 17.9 Å². The third-order valence-corrected chi connectivity index (χ3v) is 4.41. The second kappa shape index (κ2) is 7.28. The highest BCUT2D eigenvalue weighted by molar-refractivity contribution is 6.17. The molecule has 1 aromatic rings. The molecule has 2 rings (SSSR count). The molecule has 112 valence electrons. The lowest BCUT2D eigenvalue weighted by molar-refractivity contribution is 0.0496. The van der Waals surface area contributed by atoms with Crippen LogP contribution < -0.4 is 4.90 Å². The number of methoxy groups -OCH3 is 1. The van der Waals surface area contributed by atoms with Crippen LogP contribution in [0.2, 0.25) is 0 Å². The largest absolute Gasteiger partial charge is 0.379 e. The average Bonchev–Trinajstić information content (AvgIpc) is 2.47. The second-order valence-electron chi connectivity index (χ2n) is 5.69. The van der Waals surface area contributed by atoms with Crippen molar-refractivity contribution in [2.24, 2.45) is 5.92 Å². The van der Waals surface area contributed by atoms with Gasteiger partial charge in [0.2, 0.25) is 0 Å². The van der Waals surface area contributed by atoms with Gasteiger partial charge in [-0.2, -0.15) is 0 Å². The van der Waals surface area contributed by atoms with Gasteiger partial charge in [0, 0.05) is 31.8 Å². The summed E-state index contributed by atoms with van der Waals surface area (Å²) in [6.07, 6.45) is 3.56. The Labute approximate surface area is 127 Å². The maximum Gasteiger partial charge on any atom is 0.129 e. The number of nitrogens with zero attached hydrogens (tertiary/aromatic N) is 2. The van der Waals surface area contributed by atoms with Gasteiger partial charge in [0.15, 0.2) is 0 Å². The van der Waals surface area contributed by atoms with Gasteiger partial charge in [-0.3, -0.25) is 0 Å². The minimum Gasteiger partial charge on any atom is -0.379 e. The lowest BCUT2D eigenvalue weighted by atomic mass is 9.96. The van der Waals surface area contributed by atoms with Crippen molar-refractivity contribution >= 4 is 17.4 Å². The molecule has 0 radical (unpaired) electrons. The first-order chi connectivity index (χ1) is 9.67. The Balaban J connectivity index is 2.20. The molecule has 1 aromatic heterocycles. The molecule has 0 amide bonds. The molecule has 1 aliphatic rings. The number of alkyl halides is 1. The molecular formula is C16H25ClN2O. The van der Waals surface area contributed by atoms with Gasteiger partial charge >= 0.3 is 0 Å². The van der Waals surface area contributed by atoms with E-state index in [1.54, 1.807) is 7.11 Å². The Morgan fingerprint density at radius 2 is 2.25 bits per heavy atom. The van der Waals surface area contributed by atoms with Gasteiger partial charge in [0.1, 0.15) is 5.82 Å². The third kappa shape index (κ3) is 3.64. The SMILES string of the molecule is CCCc1cc(CCl)cc(N2CCC(C)C(OC)C2)n1. The molecule has 1 saturated heterocycles. The highest BCUT2D eigenvalue weighted by Crippen LogP contribution is 2.25. The molecule has 0 bridgehead atoms. The first-order valence-electron chi connectivity index (χ1n) is 7.51. The monoisotopic (exact) mass is 296 g/mol. The van der Waals surface area contributed by atoms with E-state index in [-0.39, 0.29) is 0 Å². The first-order valence-corrected chi connectivity index (χ1v) is 8.05. The zero-order chi connectivity index (χ0) is 14.5. The number of aromatic nitrogens is 1. The number of anilines is 1. The fraction of sp³-hybridized carbons (Fsp3) is 0.688. The number of rotatable bonds is 5. The summed E-state index contributed by atoms with van der Waals surface area (Å²) >= 11 is 6.02. The maximum atomic E-state index is 6.02. The summed E-state index contributed by atoms with van der Waals surface area (Å²) in [6.45, 7) is 6.40. The van der Waals surface area contributed by atoms with E-state index in [0.717, 1.165) is 49.4 Å². The third-order valence-electron chi connectivity index (χ3n) is 4.10. The van der Waals surface area contributed by atoms with Gasteiger partial charge in [0.25, 0.3) is 0 Å². The molecule has 2 atom stereocenters. The van der Waals surface area contributed by atoms with Gasteiger partial charge in [-0.25, -0.2) is 4.98 Å². The van der Waals surface area contributed by atoms with E-state index in [1.165, 1.54) is 0 Å². The quantitative estimate of drug-likeness (QED) is 0.776. The van der Waals surface area contributed by atoms with Crippen LogP contribution in [0.25, 0.3) is 0 Å². The fourth-order valence-electron chi connectivity index (χ4n) is 2.81. The van der Waals surface area contributed by atoms with Crippen molar-refractivity contribution in [3.8, 4) is 0 Å². The molecule has 1 fully saturated rings. The summed E-state index contributed by atoms with van der Waals surface area (Å²) in [5, 5.41) is 0. The van der Waals surface area contributed by atoms with E-state index < -0.39 is 0 Å². The van der Waals surface area contributed by atoms with Crippen LogP contribution in [0.1, 0.15) is 37.9 Å². The summed E-state index contributed by atoms with van der Waals surface area (Å²) in [5.74, 6) is 2.22. The number of pyridine rings is 1. The fourth-order valence-corrected chi connectivity index (χ4v) is 2.96. The summed E-state index contributed by atoms with van der Waals surface area (Å²) in [6, 6.07) is 4.25. The summed E-state index contributed by atoms with van der Waals surface area (Å²) in [4.78, 5) is 7.14. The van der Waals surface area contributed by atoms with E-state index in [9.17, 15) is 0 Å². The van der Waals surface area contributed by atoms with Crippen LogP contribution in [-0.2, 0) is 17.0 Å². The van der Waals surface area contributed by atoms with Crippen LogP contribution in [0.15, 0.2) is 12.1 Å². The van der Waals surface area contributed by atoms with Crippen molar-refractivity contribution in [1.82, 2.24) is 4.98 Å². The van der Waals surface area contributed by atoms with Crippen LogP contribution in [0.4, 0.5) is 5.82 Å². The Hall–Kier alpha value is -0.800. The number of aryl methyl sites for hydroxylation is 1. The van der Waals surface area contributed by atoms with Crippen molar-refractivity contribution in [3.05, 3.63) is 23.4 Å². The van der Waals surface area contributed by atoms with Crippen molar-refractivity contribution in [2.75, 3.05) is 25.1 Å². The Kier molecular flexibility index (Phi) is 5.67. The zero-order valence-electron chi connectivity index (χ0n) is 12.7. The number of hydrogen-bond acceptors (Lipinski definition) is 3. The minimum absolute atomic E-state index is 0.292. The Bertz CT molecular complexity index is 438. The van der Waals surface area contributed by atoms with Gasteiger partial charge in [0.05, 0.1) is 6.10 Å². The smallest absolute Gasteiger partial charge is 0.129 e. The molecule has 0 saturated carbocycles. The van der Waals surface area contributed by atoms with Crippen LogP contribution in [-0.4, -0.2) is 31.3 Å². The average molecular weight is 297 g/mol. The normalized spacial score (nSPS) is 23.1. The molecule has 4 heteroatoms. The minimum atomic E-state index is 0.292. The van der Waals surface area contributed by atoms with Gasteiger partial charge in [-0.1, -0.05) is 20.3 Å². The van der Waals surface area contributed by atoms with E-state index in [1.807, 2.05) is 0 Å². The number of ether oxygens (including phenoxy) is 1.